The summed E-state index contributed by atoms with van der Waals surface area (Å²) in [4.78, 5) is 22.9. The molecule has 1 aromatic rings. The van der Waals surface area contributed by atoms with Gasteiger partial charge in [-0.25, -0.2) is 15.8 Å². The monoisotopic (exact) mass is 292 g/mol. The van der Waals surface area contributed by atoms with E-state index >= 15 is 0 Å². The maximum absolute atomic E-state index is 11.8. The quantitative estimate of drug-likeness (QED) is 0.545. The van der Waals surface area contributed by atoms with E-state index in [-0.39, 0.29) is 11.8 Å². The summed E-state index contributed by atoms with van der Waals surface area (Å²) in [6.07, 6.45) is 3.70. The number of anilines is 2. The third-order valence-corrected chi connectivity index (χ3v) is 3.74. The van der Waals surface area contributed by atoms with E-state index in [4.69, 9.17) is 5.84 Å². The molecule has 4 N–H and O–H groups in total. The molecule has 1 aliphatic heterocycles. The number of carbonyl (C=O) groups excluding carboxylic acids is 1. The van der Waals surface area contributed by atoms with E-state index in [2.05, 4.69) is 32.5 Å². The van der Waals surface area contributed by atoms with Crippen molar-refractivity contribution >= 4 is 17.5 Å². The highest BCUT2D eigenvalue weighted by atomic mass is 16.1. The lowest BCUT2D eigenvalue weighted by Gasteiger charge is -2.32. The summed E-state index contributed by atoms with van der Waals surface area (Å²) in [5, 5.41) is 2.73. The largest absolute Gasteiger partial charge is 0.359 e. The van der Waals surface area contributed by atoms with Gasteiger partial charge in [-0.1, -0.05) is 6.92 Å². The third kappa shape index (κ3) is 3.81. The van der Waals surface area contributed by atoms with Crippen molar-refractivity contribution in [2.75, 3.05) is 30.5 Å². The van der Waals surface area contributed by atoms with Crippen molar-refractivity contribution < 1.29 is 4.79 Å². The molecule has 0 saturated carbocycles. The molecule has 1 amide bonds. The number of nitrogens with one attached hydrogen (secondary N) is 2. The van der Waals surface area contributed by atoms with Gasteiger partial charge in [0.15, 0.2) is 0 Å². The lowest BCUT2D eigenvalue weighted by Crippen LogP contribution is -2.42. The minimum atomic E-state index is 0.0163. The van der Waals surface area contributed by atoms with Gasteiger partial charge in [-0.2, -0.15) is 0 Å². The second-order valence-corrected chi connectivity index (χ2v) is 5.32. The number of piperidine rings is 1. The van der Waals surface area contributed by atoms with Crippen molar-refractivity contribution in [2.45, 2.75) is 32.6 Å². The van der Waals surface area contributed by atoms with Crippen molar-refractivity contribution in [3.63, 3.8) is 0 Å². The molecule has 1 aromatic heterocycles. The van der Waals surface area contributed by atoms with E-state index in [1.54, 1.807) is 7.05 Å². The summed E-state index contributed by atoms with van der Waals surface area (Å²) in [5.41, 5.74) is 2.59. The Labute approximate surface area is 125 Å². The van der Waals surface area contributed by atoms with Crippen molar-refractivity contribution in [1.82, 2.24) is 15.3 Å². The summed E-state index contributed by atoms with van der Waals surface area (Å²) < 4.78 is 0. The van der Waals surface area contributed by atoms with E-state index in [0.29, 0.717) is 12.4 Å². The Morgan fingerprint density at radius 3 is 3.00 bits per heavy atom. The SMILES string of the molecule is CCCc1nc(NN)cc(N2CCCC(C(=O)NC)C2)n1. The van der Waals surface area contributed by atoms with Crippen LogP contribution < -0.4 is 21.5 Å². The molecule has 2 heterocycles. The summed E-state index contributed by atoms with van der Waals surface area (Å²) >= 11 is 0. The van der Waals surface area contributed by atoms with E-state index in [1.165, 1.54) is 0 Å². The van der Waals surface area contributed by atoms with Crippen LogP contribution in [0.2, 0.25) is 0 Å². The van der Waals surface area contributed by atoms with Crippen LogP contribution in [0.25, 0.3) is 0 Å². The van der Waals surface area contributed by atoms with Crippen LogP contribution in [0.1, 0.15) is 32.0 Å². The third-order valence-electron chi connectivity index (χ3n) is 3.74. The van der Waals surface area contributed by atoms with Gasteiger partial charge in [0, 0.05) is 32.6 Å². The topological polar surface area (TPSA) is 96.2 Å². The van der Waals surface area contributed by atoms with Crippen molar-refractivity contribution in [3.05, 3.63) is 11.9 Å². The van der Waals surface area contributed by atoms with Crippen LogP contribution in [0.5, 0.6) is 0 Å². The number of nitrogen functional groups attached to an aromatic ring is 1. The number of hydrazine groups is 1. The summed E-state index contributed by atoms with van der Waals surface area (Å²) in [6.45, 7) is 3.68. The molecule has 0 bridgehead atoms. The molecule has 1 unspecified atom stereocenters. The predicted molar refractivity (Wildman–Crippen MR) is 82.8 cm³/mol. The molecule has 7 nitrogen and oxygen atoms in total. The molecule has 21 heavy (non-hydrogen) atoms. The Balaban J connectivity index is 2.19. The Bertz CT molecular complexity index is 492. The lowest BCUT2D eigenvalue weighted by molar-refractivity contribution is -0.124. The molecule has 1 saturated heterocycles. The number of aromatic nitrogens is 2. The number of amides is 1. The Kier molecular flexibility index (Phi) is 5.32. The highest BCUT2D eigenvalue weighted by Gasteiger charge is 2.26. The minimum absolute atomic E-state index is 0.0163. The minimum Gasteiger partial charge on any atom is -0.359 e. The van der Waals surface area contributed by atoms with Crippen LogP contribution in [0.15, 0.2) is 6.07 Å². The number of nitrogens with zero attached hydrogens (tertiary/aromatic N) is 3. The number of hydrogen-bond donors (Lipinski definition) is 3. The van der Waals surface area contributed by atoms with Crippen LogP contribution in [0.4, 0.5) is 11.6 Å². The zero-order valence-electron chi connectivity index (χ0n) is 12.7. The van der Waals surface area contributed by atoms with Gasteiger partial charge in [-0.3, -0.25) is 4.79 Å². The predicted octanol–water partition coefficient (Wildman–Crippen LogP) is 0.677. The molecule has 1 aliphatic rings. The van der Waals surface area contributed by atoms with Gasteiger partial charge >= 0.3 is 0 Å². The first-order valence-corrected chi connectivity index (χ1v) is 7.49. The molecule has 0 spiro atoms. The maximum Gasteiger partial charge on any atom is 0.224 e. The second-order valence-electron chi connectivity index (χ2n) is 5.32. The van der Waals surface area contributed by atoms with Gasteiger partial charge < -0.3 is 15.6 Å². The second kappa shape index (κ2) is 7.21. The fourth-order valence-corrected chi connectivity index (χ4v) is 2.66. The summed E-state index contributed by atoms with van der Waals surface area (Å²) in [7, 11) is 1.68. The van der Waals surface area contributed by atoms with Gasteiger partial charge in [0.05, 0.1) is 5.92 Å². The normalized spacial score (nSPS) is 18.4. The zero-order valence-corrected chi connectivity index (χ0v) is 12.7. The van der Waals surface area contributed by atoms with Gasteiger partial charge in [-0.15, -0.1) is 0 Å². The first-order chi connectivity index (χ1) is 10.2. The molecule has 0 aliphatic carbocycles. The molecule has 1 fully saturated rings. The highest BCUT2D eigenvalue weighted by Crippen LogP contribution is 2.23. The molecule has 0 aromatic carbocycles. The molecule has 7 heteroatoms. The standard InChI is InChI=1S/C14H24N6O/c1-3-5-11-17-12(19-15)8-13(18-11)20-7-4-6-10(9-20)14(21)16-2/h8,10H,3-7,9,15H2,1-2H3,(H,16,21)(H,17,18,19). The highest BCUT2D eigenvalue weighted by molar-refractivity contribution is 5.79. The average Bonchev–Trinajstić information content (AvgIpc) is 2.54. The molecule has 2 rings (SSSR count). The van der Waals surface area contributed by atoms with Crippen LogP contribution in [0, 0.1) is 5.92 Å². The number of nitrogens with two attached hydrogens (primary N) is 1. The van der Waals surface area contributed by atoms with E-state index in [1.807, 2.05) is 6.07 Å². The van der Waals surface area contributed by atoms with E-state index in [0.717, 1.165) is 43.9 Å². The van der Waals surface area contributed by atoms with Crippen molar-refractivity contribution in [3.8, 4) is 0 Å². The smallest absolute Gasteiger partial charge is 0.224 e. The van der Waals surface area contributed by atoms with Crippen LogP contribution in [-0.2, 0) is 11.2 Å². The molecule has 116 valence electrons. The molecular weight excluding hydrogens is 268 g/mol. The lowest BCUT2D eigenvalue weighted by atomic mass is 9.97. The summed E-state index contributed by atoms with van der Waals surface area (Å²) in [6, 6.07) is 1.84. The number of aryl methyl sites for hydroxylation is 1. The average molecular weight is 292 g/mol. The van der Waals surface area contributed by atoms with Gasteiger partial charge in [0.1, 0.15) is 17.5 Å². The molecular formula is C14H24N6O. The van der Waals surface area contributed by atoms with Crippen LogP contribution in [-0.4, -0.2) is 36.0 Å². The fourth-order valence-electron chi connectivity index (χ4n) is 2.66. The Morgan fingerprint density at radius 2 is 2.33 bits per heavy atom. The van der Waals surface area contributed by atoms with Gasteiger partial charge in [0.2, 0.25) is 5.91 Å². The van der Waals surface area contributed by atoms with Crippen molar-refractivity contribution in [2.24, 2.45) is 11.8 Å². The first kappa shape index (κ1) is 15.5. The molecule has 1 atom stereocenters. The first-order valence-electron chi connectivity index (χ1n) is 7.49. The van der Waals surface area contributed by atoms with Crippen LogP contribution >= 0.6 is 0 Å². The fraction of sp³-hybridized carbons (Fsp3) is 0.643. The van der Waals surface area contributed by atoms with E-state index in [9.17, 15) is 4.79 Å². The number of hydrogen-bond acceptors (Lipinski definition) is 6. The Hall–Kier alpha value is -1.89. The molecule has 0 radical (unpaired) electrons. The van der Waals surface area contributed by atoms with Crippen molar-refractivity contribution in [1.29, 1.82) is 0 Å². The zero-order chi connectivity index (χ0) is 15.2. The number of carbonyl (C=O) groups is 1. The maximum atomic E-state index is 11.8. The summed E-state index contributed by atoms with van der Waals surface area (Å²) in [5.74, 6) is 7.84. The Morgan fingerprint density at radius 1 is 1.52 bits per heavy atom. The van der Waals surface area contributed by atoms with Gasteiger partial charge in [-0.05, 0) is 19.3 Å². The van der Waals surface area contributed by atoms with E-state index < -0.39 is 0 Å². The van der Waals surface area contributed by atoms with Crippen LogP contribution in [0.3, 0.4) is 0 Å². The van der Waals surface area contributed by atoms with Gasteiger partial charge in [0.25, 0.3) is 0 Å². The number of rotatable bonds is 5.